The van der Waals surface area contributed by atoms with Crippen LogP contribution in [0.3, 0.4) is 0 Å². The molecule has 0 amide bonds. The highest BCUT2D eigenvalue weighted by Gasteiger charge is 2.32. The maximum Gasteiger partial charge on any atom is 0.226 e. The molecule has 0 radical (unpaired) electrons. The van der Waals surface area contributed by atoms with Gasteiger partial charge in [-0.2, -0.15) is 10.1 Å². The van der Waals surface area contributed by atoms with Crippen LogP contribution in [0, 0.1) is 0 Å². The molecule has 2 aromatic rings. The Balaban J connectivity index is 1.38. The highest BCUT2D eigenvalue weighted by Crippen LogP contribution is 2.38. The maximum atomic E-state index is 4.61. The molecule has 2 aliphatic rings. The normalized spacial score (nSPS) is 17.5. The molecule has 0 spiro atoms. The van der Waals surface area contributed by atoms with Gasteiger partial charge >= 0.3 is 0 Å². The van der Waals surface area contributed by atoms with Gasteiger partial charge in [0.1, 0.15) is 5.82 Å². The Morgan fingerprint density at radius 3 is 2.46 bits per heavy atom. The molecule has 0 N–H and O–H groups in total. The van der Waals surface area contributed by atoms with Crippen molar-refractivity contribution < 1.29 is 0 Å². The first kappa shape index (κ1) is 15.1. The quantitative estimate of drug-likeness (QED) is 0.826. The first-order valence-electron chi connectivity index (χ1n) is 8.43. The number of aromatic nitrogens is 4. The summed E-state index contributed by atoms with van der Waals surface area (Å²) < 4.78 is 0. The molecule has 3 heterocycles. The molecule has 1 aliphatic heterocycles. The van der Waals surface area contributed by atoms with Gasteiger partial charge in [-0.3, -0.25) is 0 Å². The molecule has 24 heavy (non-hydrogen) atoms. The monoisotopic (exact) mass is 325 g/mol. The molecule has 0 aromatic carbocycles. The third kappa shape index (κ3) is 2.86. The Morgan fingerprint density at radius 2 is 1.83 bits per heavy atom. The Bertz CT molecular complexity index is 705. The molecule has 2 aromatic heterocycles. The molecule has 7 nitrogen and oxygen atoms in total. The van der Waals surface area contributed by atoms with Crippen molar-refractivity contribution in [1.29, 1.82) is 0 Å². The van der Waals surface area contributed by atoms with Crippen LogP contribution >= 0.6 is 0 Å². The molecule has 126 valence electrons. The molecule has 1 saturated heterocycles. The average Bonchev–Trinajstić information content (AvgIpc) is 3.39. The van der Waals surface area contributed by atoms with Crippen molar-refractivity contribution >= 4 is 17.6 Å². The predicted octanol–water partition coefficient (Wildman–Crippen LogP) is 1.53. The summed E-state index contributed by atoms with van der Waals surface area (Å²) in [7, 11) is 5.99. The number of hydrogen-bond donors (Lipinski definition) is 0. The van der Waals surface area contributed by atoms with Gasteiger partial charge in [0.15, 0.2) is 5.82 Å². The number of anilines is 3. The molecule has 0 bridgehead atoms. The lowest BCUT2D eigenvalue weighted by Gasteiger charge is -2.44. The van der Waals surface area contributed by atoms with Crippen LogP contribution in [0.25, 0.3) is 0 Å². The number of rotatable bonds is 5. The van der Waals surface area contributed by atoms with E-state index in [-0.39, 0.29) is 0 Å². The Hall–Kier alpha value is -2.44. The van der Waals surface area contributed by atoms with Crippen LogP contribution in [0.4, 0.5) is 17.6 Å². The summed E-state index contributed by atoms with van der Waals surface area (Å²) in [5, 5.41) is 8.76. The van der Waals surface area contributed by atoms with Crippen molar-refractivity contribution in [2.45, 2.75) is 24.8 Å². The van der Waals surface area contributed by atoms with E-state index >= 15 is 0 Å². The van der Waals surface area contributed by atoms with Crippen molar-refractivity contribution in [2.75, 3.05) is 48.9 Å². The fourth-order valence-corrected chi connectivity index (χ4v) is 2.93. The number of likely N-dealkylation sites (N-methyl/N-ethyl adjacent to an activating group) is 1. The minimum atomic E-state index is 0.430. The van der Waals surface area contributed by atoms with Gasteiger partial charge in [0.05, 0.1) is 11.7 Å². The smallest absolute Gasteiger partial charge is 0.226 e. The molecular weight excluding hydrogens is 302 g/mol. The zero-order valence-electron chi connectivity index (χ0n) is 14.4. The second kappa shape index (κ2) is 5.89. The summed E-state index contributed by atoms with van der Waals surface area (Å²) in [4.78, 5) is 15.3. The van der Waals surface area contributed by atoms with E-state index in [2.05, 4.69) is 49.1 Å². The van der Waals surface area contributed by atoms with Gasteiger partial charge in [-0.25, -0.2) is 4.98 Å². The second-order valence-electron chi connectivity index (χ2n) is 6.87. The Morgan fingerprint density at radius 1 is 1.04 bits per heavy atom. The fraction of sp³-hybridized carbons (Fsp3) is 0.529. The fourth-order valence-electron chi connectivity index (χ4n) is 2.93. The number of nitrogens with zero attached hydrogens (tertiary/aromatic N) is 7. The lowest BCUT2D eigenvalue weighted by atomic mass is 10.1. The van der Waals surface area contributed by atoms with Crippen molar-refractivity contribution in [3.8, 4) is 0 Å². The third-order valence-electron chi connectivity index (χ3n) is 4.79. The lowest BCUT2D eigenvalue weighted by Crippen LogP contribution is -2.59. The summed E-state index contributed by atoms with van der Waals surface area (Å²) in [5.41, 5.74) is 1.14. The summed E-state index contributed by atoms with van der Waals surface area (Å²) in [6.07, 6.45) is 4.34. The van der Waals surface area contributed by atoms with Crippen molar-refractivity contribution in [1.82, 2.24) is 20.2 Å². The van der Waals surface area contributed by atoms with Crippen LogP contribution in [0.15, 0.2) is 24.4 Å². The highest BCUT2D eigenvalue weighted by atomic mass is 15.4. The van der Waals surface area contributed by atoms with Gasteiger partial charge in [0, 0.05) is 46.3 Å². The maximum absolute atomic E-state index is 4.61. The van der Waals surface area contributed by atoms with E-state index < -0.39 is 0 Å². The van der Waals surface area contributed by atoms with Crippen LogP contribution in [0.2, 0.25) is 0 Å². The molecule has 0 atom stereocenters. The summed E-state index contributed by atoms with van der Waals surface area (Å²) in [6, 6.07) is 6.62. The molecule has 7 heteroatoms. The minimum Gasteiger partial charge on any atom is -0.353 e. The van der Waals surface area contributed by atoms with E-state index in [0.717, 1.165) is 36.4 Å². The van der Waals surface area contributed by atoms with Crippen molar-refractivity contribution in [3.05, 3.63) is 30.1 Å². The lowest BCUT2D eigenvalue weighted by molar-refractivity contribution is 0.487. The van der Waals surface area contributed by atoms with Gasteiger partial charge in [-0.05, 0) is 31.0 Å². The molecular formula is C17H23N7. The Labute approximate surface area is 142 Å². The molecule has 0 unspecified atom stereocenters. The van der Waals surface area contributed by atoms with Crippen LogP contribution in [0.5, 0.6) is 0 Å². The first-order valence-corrected chi connectivity index (χ1v) is 8.43. The van der Waals surface area contributed by atoms with E-state index in [9.17, 15) is 0 Å². The van der Waals surface area contributed by atoms with Gasteiger partial charge in [0.25, 0.3) is 0 Å². The average molecular weight is 325 g/mol. The predicted molar refractivity (Wildman–Crippen MR) is 94.8 cm³/mol. The van der Waals surface area contributed by atoms with Gasteiger partial charge in [-0.15, -0.1) is 5.10 Å². The van der Waals surface area contributed by atoms with Crippen molar-refractivity contribution in [3.63, 3.8) is 0 Å². The van der Waals surface area contributed by atoms with Gasteiger partial charge < -0.3 is 14.7 Å². The van der Waals surface area contributed by atoms with E-state index in [1.807, 2.05) is 31.3 Å². The van der Waals surface area contributed by atoms with Gasteiger partial charge in [-0.1, -0.05) is 0 Å². The highest BCUT2D eigenvalue weighted by molar-refractivity contribution is 5.49. The van der Waals surface area contributed by atoms with Gasteiger partial charge in [0.2, 0.25) is 5.95 Å². The third-order valence-corrected chi connectivity index (χ3v) is 4.79. The topological polar surface area (TPSA) is 61.3 Å². The first-order chi connectivity index (χ1) is 11.6. The second-order valence-corrected chi connectivity index (χ2v) is 6.87. The van der Waals surface area contributed by atoms with E-state index in [0.29, 0.717) is 12.0 Å². The zero-order valence-corrected chi connectivity index (χ0v) is 14.4. The Kier molecular flexibility index (Phi) is 3.70. The molecule has 2 fully saturated rings. The number of hydrogen-bond acceptors (Lipinski definition) is 7. The van der Waals surface area contributed by atoms with E-state index in [1.54, 1.807) is 0 Å². The molecule has 1 aliphatic carbocycles. The van der Waals surface area contributed by atoms with Crippen LogP contribution < -0.4 is 14.7 Å². The summed E-state index contributed by atoms with van der Waals surface area (Å²) >= 11 is 0. The van der Waals surface area contributed by atoms with Crippen LogP contribution in [-0.2, 0) is 0 Å². The van der Waals surface area contributed by atoms with E-state index in [4.69, 9.17) is 0 Å². The SMILES string of the molecule is CN(C)c1nccc(N(C)C2CN(c3ccc(C4CC4)nn3)C2)n1. The van der Waals surface area contributed by atoms with Crippen LogP contribution in [-0.4, -0.2) is 60.4 Å². The zero-order chi connectivity index (χ0) is 16.7. The van der Waals surface area contributed by atoms with Crippen LogP contribution in [0.1, 0.15) is 24.5 Å². The molecule has 4 rings (SSSR count). The molecule has 1 saturated carbocycles. The summed E-state index contributed by atoms with van der Waals surface area (Å²) in [5.74, 6) is 3.32. The standard InChI is InChI=1S/C17H23N7/c1-22(2)17-18-9-8-15(19-17)23(3)13-10-24(11-13)16-7-6-14(20-21-16)12-4-5-12/h6-9,12-13H,4-5,10-11H2,1-3H3. The summed E-state index contributed by atoms with van der Waals surface area (Å²) in [6.45, 7) is 1.88. The largest absolute Gasteiger partial charge is 0.353 e. The van der Waals surface area contributed by atoms with E-state index in [1.165, 1.54) is 12.8 Å². The minimum absolute atomic E-state index is 0.430. The van der Waals surface area contributed by atoms with Crippen molar-refractivity contribution in [2.24, 2.45) is 0 Å².